The van der Waals surface area contributed by atoms with Gasteiger partial charge in [0.2, 0.25) is 5.56 Å². The summed E-state index contributed by atoms with van der Waals surface area (Å²) in [6.45, 7) is 6.46. The standard InChI is InChI=1S/C13H19N3O2/c1-13(2)9-16(7-6-15(13)3)12(18)10-4-5-14-11(17)8-10/h4-5,8H,6-7,9H2,1-3H3,(H,14,17). The lowest BCUT2D eigenvalue weighted by Crippen LogP contribution is -2.58. The minimum absolute atomic E-state index is 0.0326. The van der Waals surface area contributed by atoms with Crippen LogP contribution in [0.2, 0.25) is 0 Å². The molecule has 1 aromatic heterocycles. The molecule has 0 spiro atoms. The predicted octanol–water partition coefficient (Wildman–Crippen LogP) is 0.541. The molecule has 0 unspecified atom stereocenters. The molecular weight excluding hydrogens is 230 g/mol. The van der Waals surface area contributed by atoms with Gasteiger partial charge in [0.15, 0.2) is 0 Å². The Morgan fingerprint density at radius 3 is 2.72 bits per heavy atom. The van der Waals surface area contributed by atoms with Crippen LogP contribution in [0.1, 0.15) is 24.2 Å². The number of amides is 1. The fourth-order valence-electron chi connectivity index (χ4n) is 2.17. The second-order valence-corrected chi connectivity index (χ2v) is 5.40. The van der Waals surface area contributed by atoms with Gasteiger partial charge in [-0.3, -0.25) is 14.5 Å². The Kier molecular flexibility index (Phi) is 3.26. The van der Waals surface area contributed by atoms with Crippen LogP contribution >= 0.6 is 0 Å². The predicted molar refractivity (Wildman–Crippen MR) is 69.7 cm³/mol. The number of likely N-dealkylation sites (N-methyl/N-ethyl adjacent to an activating group) is 1. The molecule has 1 aliphatic rings. The first-order valence-electron chi connectivity index (χ1n) is 6.09. The van der Waals surface area contributed by atoms with Crippen molar-refractivity contribution in [3.63, 3.8) is 0 Å². The van der Waals surface area contributed by atoms with Gasteiger partial charge in [-0.25, -0.2) is 0 Å². The van der Waals surface area contributed by atoms with E-state index in [9.17, 15) is 9.59 Å². The van der Waals surface area contributed by atoms with Gasteiger partial charge in [0, 0.05) is 43.0 Å². The highest BCUT2D eigenvalue weighted by Crippen LogP contribution is 2.20. The highest BCUT2D eigenvalue weighted by Gasteiger charge is 2.33. The zero-order valence-electron chi connectivity index (χ0n) is 11.1. The lowest BCUT2D eigenvalue weighted by molar-refractivity contribution is 0.0311. The van der Waals surface area contributed by atoms with Gasteiger partial charge >= 0.3 is 0 Å². The summed E-state index contributed by atoms with van der Waals surface area (Å²) in [7, 11) is 2.06. The monoisotopic (exact) mass is 249 g/mol. The maximum atomic E-state index is 12.3. The van der Waals surface area contributed by atoms with Gasteiger partial charge in [-0.2, -0.15) is 0 Å². The molecule has 0 aliphatic carbocycles. The average Bonchev–Trinajstić information content (AvgIpc) is 2.31. The summed E-state index contributed by atoms with van der Waals surface area (Å²) >= 11 is 0. The van der Waals surface area contributed by atoms with E-state index < -0.39 is 0 Å². The van der Waals surface area contributed by atoms with Crippen molar-refractivity contribution in [3.05, 3.63) is 34.2 Å². The summed E-state index contributed by atoms with van der Waals surface area (Å²) in [4.78, 5) is 30.1. The molecule has 0 radical (unpaired) electrons. The van der Waals surface area contributed by atoms with Gasteiger partial charge in [0.25, 0.3) is 5.91 Å². The molecule has 1 aromatic rings. The van der Waals surface area contributed by atoms with Crippen molar-refractivity contribution >= 4 is 5.91 Å². The van der Waals surface area contributed by atoms with Crippen LogP contribution in [0.5, 0.6) is 0 Å². The number of H-pyrrole nitrogens is 1. The Morgan fingerprint density at radius 2 is 2.11 bits per heavy atom. The highest BCUT2D eigenvalue weighted by molar-refractivity contribution is 5.94. The number of carbonyl (C=O) groups excluding carboxylic acids is 1. The fraction of sp³-hybridized carbons (Fsp3) is 0.538. The smallest absolute Gasteiger partial charge is 0.254 e. The number of rotatable bonds is 1. The van der Waals surface area contributed by atoms with E-state index in [-0.39, 0.29) is 17.0 Å². The van der Waals surface area contributed by atoms with Crippen LogP contribution in [0.25, 0.3) is 0 Å². The number of nitrogens with one attached hydrogen (secondary N) is 1. The van der Waals surface area contributed by atoms with Crippen LogP contribution in [0, 0.1) is 0 Å². The number of hydrogen-bond donors (Lipinski definition) is 1. The van der Waals surface area contributed by atoms with Gasteiger partial charge in [-0.05, 0) is 27.0 Å². The second kappa shape index (κ2) is 4.57. The fourth-order valence-corrected chi connectivity index (χ4v) is 2.17. The van der Waals surface area contributed by atoms with Gasteiger partial charge in [-0.15, -0.1) is 0 Å². The van der Waals surface area contributed by atoms with Gasteiger partial charge < -0.3 is 9.88 Å². The number of hydrogen-bond acceptors (Lipinski definition) is 3. The molecule has 0 atom stereocenters. The number of pyridine rings is 1. The summed E-state index contributed by atoms with van der Waals surface area (Å²) < 4.78 is 0. The summed E-state index contributed by atoms with van der Waals surface area (Å²) in [6, 6.07) is 3.00. The Hall–Kier alpha value is -1.62. The Labute approximate surface area is 106 Å². The molecule has 0 saturated carbocycles. The zero-order valence-corrected chi connectivity index (χ0v) is 11.1. The molecular formula is C13H19N3O2. The Balaban J connectivity index is 2.18. The third kappa shape index (κ3) is 2.46. The topological polar surface area (TPSA) is 56.4 Å². The Morgan fingerprint density at radius 1 is 1.39 bits per heavy atom. The average molecular weight is 249 g/mol. The minimum atomic E-state index is -0.241. The number of aromatic amines is 1. The van der Waals surface area contributed by atoms with Gasteiger partial charge in [-0.1, -0.05) is 0 Å². The molecule has 18 heavy (non-hydrogen) atoms. The van der Waals surface area contributed by atoms with E-state index >= 15 is 0 Å². The van der Waals surface area contributed by atoms with Crippen LogP contribution in [-0.4, -0.2) is 52.9 Å². The van der Waals surface area contributed by atoms with Crippen molar-refractivity contribution in [2.75, 3.05) is 26.7 Å². The third-order valence-electron chi connectivity index (χ3n) is 3.63. The number of nitrogens with zero attached hydrogens (tertiary/aromatic N) is 2. The summed E-state index contributed by atoms with van der Waals surface area (Å²) in [6.07, 6.45) is 1.51. The molecule has 5 heteroatoms. The van der Waals surface area contributed by atoms with E-state index in [1.807, 2.05) is 4.90 Å². The number of aromatic nitrogens is 1. The van der Waals surface area contributed by atoms with E-state index in [2.05, 4.69) is 30.8 Å². The van der Waals surface area contributed by atoms with Crippen LogP contribution in [0.15, 0.2) is 23.1 Å². The molecule has 0 aromatic carbocycles. The first-order valence-corrected chi connectivity index (χ1v) is 6.09. The van der Waals surface area contributed by atoms with E-state index in [1.165, 1.54) is 12.3 Å². The summed E-state index contributed by atoms with van der Waals surface area (Å²) in [5.74, 6) is -0.0673. The zero-order chi connectivity index (χ0) is 13.3. The minimum Gasteiger partial charge on any atom is -0.336 e. The molecule has 1 fully saturated rings. The molecule has 1 saturated heterocycles. The van der Waals surface area contributed by atoms with Crippen molar-refractivity contribution in [2.24, 2.45) is 0 Å². The maximum absolute atomic E-state index is 12.3. The van der Waals surface area contributed by atoms with E-state index in [0.29, 0.717) is 18.7 Å². The molecule has 1 amide bonds. The van der Waals surface area contributed by atoms with E-state index in [0.717, 1.165) is 6.54 Å². The summed E-state index contributed by atoms with van der Waals surface area (Å²) in [5.41, 5.74) is 0.183. The lowest BCUT2D eigenvalue weighted by Gasteiger charge is -2.45. The summed E-state index contributed by atoms with van der Waals surface area (Å²) in [5, 5.41) is 0. The van der Waals surface area contributed by atoms with Crippen molar-refractivity contribution in [1.29, 1.82) is 0 Å². The largest absolute Gasteiger partial charge is 0.336 e. The van der Waals surface area contributed by atoms with Crippen LogP contribution < -0.4 is 5.56 Å². The molecule has 5 nitrogen and oxygen atoms in total. The van der Waals surface area contributed by atoms with Crippen molar-refractivity contribution in [3.8, 4) is 0 Å². The molecule has 2 heterocycles. The van der Waals surface area contributed by atoms with E-state index in [4.69, 9.17) is 0 Å². The van der Waals surface area contributed by atoms with Crippen LogP contribution in [0.3, 0.4) is 0 Å². The number of carbonyl (C=O) groups is 1. The molecule has 2 rings (SSSR count). The van der Waals surface area contributed by atoms with Crippen molar-refractivity contribution in [2.45, 2.75) is 19.4 Å². The van der Waals surface area contributed by atoms with Crippen molar-refractivity contribution in [1.82, 2.24) is 14.8 Å². The second-order valence-electron chi connectivity index (χ2n) is 5.40. The first kappa shape index (κ1) is 12.8. The van der Waals surface area contributed by atoms with Crippen LogP contribution in [0.4, 0.5) is 0 Å². The SMILES string of the molecule is CN1CCN(C(=O)c2cc[nH]c(=O)c2)CC1(C)C. The molecule has 1 aliphatic heterocycles. The highest BCUT2D eigenvalue weighted by atomic mass is 16.2. The lowest BCUT2D eigenvalue weighted by atomic mass is 9.99. The van der Waals surface area contributed by atoms with Crippen molar-refractivity contribution < 1.29 is 4.79 Å². The normalized spacial score (nSPS) is 19.8. The van der Waals surface area contributed by atoms with E-state index in [1.54, 1.807) is 6.07 Å². The maximum Gasteiger partial charge on any atom is 0.254 e. The molecule has 1 N–H and O–H groups in total. The van der Waals surface area contributed by atoms with Gasteiger partial charge in [0.05, 0.1) is 0 Å². The van der Waals surface area contributed by atoms with Crippen LogP contribution in [-0.2, 0) is 0 Å². The molecule has 0 bridgehead atoms. The first-order chi connectivity index (χ1) is 8.40. The third-order valence-corrected chi connectivity index (χ3v) is 3.63. The number of piperazine rings is 1. The quantitative estimate of drug-likeness (QED) is 0.790. The van der Waals surface area contributed by atoms with Gasteiger partial charge in [0.1, 0.15) is 0 Å². The molecule has 98 valence electrons. The Bertz CT molecular complexity index is 507.